The maximum atomic E-state index is 14.6. The molecule has 1 aromatic carbocycles. The van der Waals surface area contributed by atoms with E-state index in [9.17, 15) is 9.18 Å². The molecule has 3 heterocycles. The van der Waals surface area contributed by atoms with Gasteiger partial charge in [-0.25, -0.2) is 13.9 Å². The van der Waals surface area contributed by atoms with Crippen LogP contribution in [0.15, 0.2) is 24.4 Å². The van der Waals surface area contributed by atoms with Gasteiger partial charge in [0.1, 0.15) is 17.6 Å². The van der Waals surface area contributed by atoms with Crippen molar-refractivity contribution < 1.29 is 23.8 Å². The number of aliphatic hydroxyl groups excluding tert-OH is 1. The van der Waals surface area contributed by atoms with Gasteiger partial charge in [-0.15, -0.1) is 5.10 Å². The highest BCUT2D eigenvalue weighted by Crippen LogP contribution is 2.28. The van der Waals surface area contributed by atoms with Crippen molar-refractivity contribution in [3.63, 3.8) is 0 Å². The van der Waals surface area contributed by atoms with E-state index in [1.807, 2.05) is 4.90 Å². The van der Waals surface area contributed by atoms with Gasteiger partial charge in [-0.3, -0.25) is 4.90 Å². The predicted molar refractivity (Wildman–Crippen MR) is 93.0 cm³/mol. The minimum absolute atomic E-state index is 0.203. The molecule has 0 saturated carbocycles. The Morgan fingerprint density at radius 2 is 2.11 bits per heavy atom. The van der Waals surface area contributed by atoms with Crippen molar-refractivity contribution in [3.05, 3.63) is 35.9 Å². The second-order valence-corrected chi connectivity index (χ2v) is 6.44. The van der Waals surface area contributed by atoms with E-state index in [2.05, 4.69) is 10.3 Å². The molecule has 27 heavy (non-hydrogen) atoms. The molecule has 0 radical (unpaired) electrons. The average Bonchev–Trinajstić information content (AvgIpc) is 3.28. The number of aliphatic hydroxyl groups is 1. The van der Waals surface area contributed by atoms with Crippen LogP contribution in [-0.2, 0) is 22.6 Å². The highest BCUT2D eigenvalue weighted by molar-refractivity contribution is 5.90. The fourth-order valence-electron chi connectivity index (χ4n) is 3.26. The van der Waals surface area contributed by atoms with Crippen LogP contribution < -0.4 is 9.80 Å². The molecule has 0 unspecified atom stereocenters. The summed E-state index contributed by atoms with van der Waals surface area (Å²) in [5.74, 6) is -0.380. The van der Waals surface area contributed by atoms with E-state index < -0.39 is 12.2 Å². The van der Waals surface area contributed by atoms with Crippen molar-refractivity contribution in [3.8, 4) is 0 Å². The molecule has 9 nitrogen and oxygen atoms in total. The van der Waals surface area contributed by atoms with E-state index in [0.29, 0.717) is 49.9 Å². The van der Waals surface area contributed by atoms with E-state index >= 15 is 0 Å². The molecule has 0 bridgehead atoms. The number of halogens is 1. The van der Waals surface area contributed by atoms with Crippen LogP contribution >= 0.6 is 0 Å². The zero-order valence-corrected chi connectivity index (χ0v) is 14.6. The number of carbonyl (C=O) groups excluding carboxylic acids is 1. The molecule has 1 atom stereocenters. The third kappa shape index (κ3) is 3.71. The lowest BCUT2D eigenvalue weighted by molar-refractivity contribution is 0.122. The van der Waals surface area contributed by atoms with Crippen LogP contribution in [0.5, 0.6) is 0 Å². The first-order valence-electron chi connectivity index (χ1n) is 8.74. The maximum Gasteiger partial charge on any atom is 0.414 e. The van der Waals surface area contributed by atoms with E-state index in [1.54, 1.807) is 18.3 Å². The van der Waals surface area contributed by atoms with Crippen molar-refractivity contribution in [1.82, 2.24) is 15.0 Å². The number of anilines is 2. The molecule has 144 valence electrons. The molecule has 2 fully saturated rings. The molecule has 2 aliphatic heterocycles. The summed E-state index contributed by atoms with van der Waals surface area (Å²) in [6, 6.07) is 4.76. The molecule has 2 aliphatic rings. The van der Waals surface area contributed by atoms with Gasteiger partial charge in [-0.05, 0) is 18.2 Å². The molecule has 10 heteroatoms. The van der Waals surface area contributed by atoms with Crippen LogP contribution in [-0.4, -0.2) is 65.1 Å². The molecule has 0 aliphatic carbocycles. The fourth-order valence-corrected chi connectivity index (χ4v) is 3.26. The second kappa shape index (κ2) is 7.49. The molecule has 4 rings (SSSR count). The van der Waals surface area contributed by atoms with E-state index in [-0.39, 0.29) is 19.0 Å². The number of cyclic esters (lactones) is 1. The molecule has 1 N–H and O–H groups in total. The lowest BCUT2D eigenvalue weighted by atomic mass is 10.2. The van der Waals surface area contributed by atoms with Gasteiger partial charge >= 0.3 is 6.09 Å². The lowest BCUT2D eigenvalue weighted by Gasteiger charge is -2.29. The Bertz CT molecular complexity index is 823. The first-order chi connectivity index (χ1) is 13.1. The summed E-state index contributed by atoms with van der Waals surface area (Å²) < 4.78 is 26.7. The number of morpholine rings is 1. The van der Waals surface area contributed by atoms with Crippen LogP contribution in [0.3, 0.4) is 0 Å². The first-order valence-corrected chi connectivity index (χ1v) is 8.74. The fraction of sp³-hybridized carbons (Fsp3) is 0.471. The van der Waals surface area contributed by atoms with Crippen molar-refractivity contribution >= 4 is 17.5 Å². The summed E-state index contributed by atoms with van der Waals surface area (Å²) in [7, 11) is 0. The number of carbonyl (C=O) groups is 1. The summed E-state index contributed by atoms with van der Waals surface area (Å²) in [4.78, 5) is 15.5. The van der Waals surface area contributed by atoms with E-state index in [1.165, 1.54) is 15.6 Å². The highest BCUT2D eigenvalue weighted by Gasteiger charge is 2.33. The number of amides is 1. The Morgan fingerprint density at radius 1 is 1.30 bits per heavy atom. The number of hydrogen-bond acceptors (Lipinski definition) is 7. The number of rotatable bonds is 5. The maximum absolute atomic E-state index is 14.6. The number of nitrogens with zero attached hydrogens (tertiary/aromatic N) is 5. The standard InChI is InChI=1S/C17H20FN5O4/c18-15-7-13(1-2-16(15)21-3-5-26-6-4-21)23-10-14(27-17(23)25)9-22-8-12(11-24)19-20-22/h1-2,7-8,14,24H,3-6,9-11H2/t14-/m0/s1. The number of hydrogen-bond donors (Lipinski definition) is 1. The van der Waals surface area contributed by atoms with Crippen LogP contribution in [0.25, 0.3) is 0 Å². The SMILES string of the molecule is O=C1O[C@@H](Cn2cc(CO)nn2)CN1c1ccc(N2CCOCC2)c(F)c1. The van der Waals surface area contributed by atoms with Gasteiger partial charge in [0.25, 0.3) is 0 Å². The molecular formula is C17H20FN5O4. The largest absolute Gasteiger partial charge is 0.442 e. The average molecular weight is 377 g/mol. The van der Waals surface area contributed by atoms with Gasteiger partial charge in [0.15, 0.2) is 0 Å². The van der Waals surface area contributed by atoms with Crippen LogP contribution in [0, 0.1) is 5.82 Å². The quantitative estimate of drug-likeness (QED) is 0.823. The van der Waals surface area contributed by atoms with Crippen LogP contribution in [0.4, 0.5) is 20.6 Å². The van der Waals surface area contributed by atoms with Gasteiger partial charge in [0.2, 0.25) is 0 Å². The van der Waals surface area contributed by atoms with Crippen molar-refractivity contribution in [2.45, 2.75) is 19.3 Å². The van der Waals surface area contributed by atoms with Crippen molar-refractivity contribution in [2.75, 3.05) is 42.6 Å². The van der Waals surface area contributed by atoms with Gasteiger partial charge < -0.3 is 19.5 Å². The molecular weight excluding hydrogens is 357 g/mol. The Hall–Kier alpha value is -2.72. The van der Waals surface area contributed by atoms with Gasteiger partial charge in [-0.2, -0.15) is 0 Å². The van der Waals surface area contributed by atoms with Gasteiger partial charge in [0.05, 0.1) is 50.5 Å². The van der Waals surface area contributed by atoms with Gasteiger partial charge in [0, 0.05) is 13.1 Å². The monoisotopic (exact) mass is 377 g/mol. The number of aromatic nitrogens is 3. The van der Waals surface area contributed by atoms with Crippen molar-refractivity contribution in [1.29, 1.82) is 0 Å². The summed E-state index contributed by atoms with van der Waals surface area (Å²) in [5, 5.41) is 16.7. The number of ether oxygens (including phenoxy) is 2. The zero-order chi connectivity index (χ0) is 18.8. The third-order valence-corrected chi connectivity index (χ3v) is 4.61. The summed E-state index contributed by atoms with van der Waals surface area (Å²) in [6.07, 6.45) is 0.626. The molecule has 2 aromatic rings. The summed E-state index contributed by atoms with van der Waals surface area (Å²) in [5.41, 5.74) is 1.40. The van der Waals surface area contributed by atoms with Crippen LogP contribution in [0.2, 0.25) is 0 Å². The third-order valence-electron chi connectivity index (χ3n) is 4.61. The van der Waals surface area contributed by atoms with Crippen molar-refractivity contribution in [2.24, 2.45) is 0 Å². The summed E-state index contributed by atoms with van der Waals surface area (Å²) in [6.45, 7) is 2.80. The molecule has 2 saturated heterocycles. The first kappa shape index (κ1) is 17.7. The normalized spacial score (nSPS) is 20.2. The Kier molecular flexibility index (Phi) is 4.90. The molecule has 1 amide bonds. The lowest BCUT2D eigenvalue weighted by Crippen LogP contribution is -2.36. The Morgan fingerprint density at radius 3 is 2.81 bits per heavy atom. The highest BCUT2D eigenvalue weighted by atomic mass is 19.1. The van der Waals surface area contributed by atoms with Gasteiger partial charge in [-0.1, -0.05) is 5.21 Å². The minimum atomic E-state index is -0.527. The minimum Gasteiger partial charge on any atom is -0.442 e. The smallest absolute Gasteiger partial charge is 0.414 e. The zero-order valence-electron chi connectivity index (χ0n) is 14.6. The second-order valence-electron chi connectivity index (χ2n) is 6.44. The Labute approximate surface area is 154 Å². The Balaban J connectivity index is 1.45. The molecule has 1 aromatic heterocycles. The number of benzene rings is 1. The molecule has 0 spiro atoms. The predicted octanol–water partition coefficient (Wildman–Crippen LogP) is 0.771. The van der Waals surface area contributed by atoms with Crippen LogP contribution in [0.1, 0.15) is 5.69 Å². The van der Waals surface area contributed by atoms with E-state index in [0.717, 1.165) is 0 Å². The van der Waals surface area contributed by atoms with E-state index in [4.69, 9.17) is 14.6 Å². The topological polar surface area (TPSA) is 92.9 Å². The summed E-state index contributed by atoms with van der Waals surface area (Å²) >= 11 is 0.